The first-order chi connectivity index (χ1) is 16.4. The SMILES string of the molecule is N#CSc1ccc(OC(=O)c2ccccc2OC(=O)CCC(=O)OCCCCO[N+](=O)[O-])cc1. The molecule has 0 heterocycles. The van der Waals surface area contributed by atoms with E-state index in [0.717, 1.165) is 11.8 Å². The molecule has 0 fully saturated rings. The third kappa shape index (κ3) is 9.58. The minimum absolute atomic E-state index is 0.0193. The number of ether oxygens (including phenoxy) is 3. The first-order valence-corrected chi connectivity index (χ1v) is 10.8. The third-order valence-corrected chi connectivity index (χ3v) is 4.66. The highest BCUT2D eigenvalue weighted by Gasteiger charge is 2.18. The van der Waals surface area contributed by atoms with Gasteiger partial charge in [0, 0.05) is 4.90 Å². The molecule has 11 nitrogen and oxygen atoms in total. The molecule has 2 rings (SSSR count). The van der Waals surface area contributed by atoms with Crippen LogP contribution in [0.4, 0.5) is 0 Å². The molecule has 0 aliphatic rings. The Labute approximate surface area is 198 Å². The fourth-order valence-corrected chi connectivity index (χ4v) is 2.87. The van der Waals surface area contributed by atoms with Crippen LogP contribution in [0.25, 0.3) is 0 Å². The summed E-state index contributed by atoms with van der Waals surface area (Å²) >= 11 is 0.971. The number of nitrogens with zero attached hydrogens (tertiary/aromatic N) is 2. The summed E-state index contributed by atoms with van der Waals surface area (Å²) in [6, 6.07) is 12.3. The average Bonchev–Trinajstić information content (AvgIpc) is 2.81. The van der Waals surface area contributed by atoms with Gasteiger partial charge in [-0.05, 0) is 61.0 Å². The number of esters is 3. The van der Waals surface area contributed by atoms with E-state index in [0.29, 0.717) is 17.7 Å². The van der Waals surface area contributed by atoms with E-state index in [1.165, 1.54) is 24.3 Å². The van der Waals surface area contributed by atoms with Gasteiger partial charge < -0.3 is 19.0 Å². The molecule has 0 radical (unpaired) electrons. The van der Waals surface area contributed by atoms with Crippen LogP contribution in [0.3, 0.4) is 0 Å². The van der Waals surface area contributed by atoms with Crippen molar-refractivity contribution in [1.29, 1.82) is 5.26 Å². The Hall–Kier alpha value is -4.11. The number of nitriles is 1. The maximum Gasteiger partial charge on any atom is 0.347 e. The molecule has 34 heavy (non-hydrogen) atoms. The monoisotopic (exact) mass is 488 g/mol. The zero-order valence-corrected chi connectivity index (χ0v) is 18.7. The van der Waals surface area contributed by atoms with Gasteiger partial charge in [0.15, 0.2) is 0 Å². The first-order valence-electron chi connectivity index (χ1n) is 10.00. The van der Waals surface area contributed by atoms with Crippen molar-refractivity contribution < 1.29 is 38.5 Å². The van der Waals surface area contributed by atoms with E-state index in [9.17, 15) is 24.5 Å². The lowest BCUT2D eigenvalue weighted by Crippen LogP contribution is -2.16. The second-order valence-corrected chi connectivity index (χ2v) is 7.37. The molecule has 0 saturated heterocycles. The quantitative estimate of drug-likeness (QED) is 0.0770. The maximum atomic E-state index is 12.5. The van der Waals surface area contributed by atoms with Gasteiger partial charge in [-0.1, -0.05) is 12.1 Å². The topological polar surface area (TPSA) is 155 Å². The molecule has 178 valence electrons. The molecule has 0 unspecified atom stereocenters. The smallest absolute Gasteiger partial charge is 0.347 e. The van der Waals surface area contributed by atoms with Crippen molar-refractivity contribution >= 4 is 29.7 Å². The van der Waals surface area contributed by atoms with Crippen LogP contribution in [0, 0.1) is 20.8 Å². The van der Waals surface area contributed by atoms with Gasteiger partial charge in [0.05, 0.1) is 26.1 Å². The number of unbranched alkanes of at least 4 members (excludes halogenated alkanes) is 1. The van der Waals surface area contributed by atoms with Crippen LogP contribution in [0.5, 0.6) is 11.5 Å². The molecule has 2 aromatic rings. The van der Waals surface area contributed by atoms with Crippen LogP contribution in [-0.2, 0) is 19.2 Å². The number of benzene rings is 2. The van der Waals surface area contributed by atoms with Gasteiger partial charge in [0.2, 0.25) is 0 Å². The molecule has 0 aliphatic heterocycles. The van der Waals surface area contributed by atoms with E-state index >= 15 is 0 Å². The lowest BCUT2D eigenvalue weighted by atomic mass is 10.2. The van der Waals surface area contributed by atoms with Crippen LogP contribution in [0.1, 0.15) is 36.0 Å². The van der Waals surface area contributed by atoms with Crippen molar-refractivity contribution in [3.05, 3.63) is 64.2 Å². The van der Waals surface area contributed by atoms with Crippen molar-refractivity contribution in [2.45, 2.75) is 30.6 Å². The summed E-state index contributed by atoms with van der Waals surface area (Å²) in [5.74, 6) is -1.88. The van der Waals surface area contributed by atoms with Crippen LogP contribution >= 0.6 is 11.8 Å². The fourth-order valence-electron chi connectivity index (χ4n) is 2.49. The molecule has 0 aromatic heterocycles. The van der Waals surface area contributed by atoms with Crippen molar-refractivity contribution in [2.75, 3.05) is 13.2 Å². The minimum Gasteiger partial charge on any atom is -0.466 e. The Kier molecular flexibility index (Phi) is 10.9. The van der Waals surface area contributed by atoms with Gasteiger partial charge in [-0.2, -0.15) is 5.26 Å². The minimum atomic E-state index is -0.899. The highest BCUT2D eigenvalue weighted by atomic mass is 32.2. The van der Waals surface area contributed by atoms with Crippen molar-refractivity contribution in [1.82, 2.24) is 0 Å². The zero-order chi connectivity index (χ0) is 24.8. The summed E-state index contributed by atoms with van der Waals surface area (Å²) in [6.07, 6.45) is 0.208. The Morgan fingerprint density at radius 2 is 1.62 bits per heavy atom. The molecule has 0 aliphatic carbocycles. The Morgan fingerprint density at radius 1 is 0.941 bits per heavy atom. The normalized spacial score (nSPS) is 9.97. The van der Waals surface area contributed by atoms with E-state index in [-0.39, 0.29) is 43.1 Å². The van der Waals surface area contributed by atoms with Gasteiger partial charge in [0.1, 0.15) is 22.5 Å². The number of carbonyl (C=O) groups is 3. The molecular formula is C22H20N2O9S. The van der Waals surface area contributed by atoms with Crippen LogP contribution < -0.4 is 9.47 Å². The molecule has 0 spiro atoms. The lowest BCUT2D eigenvalue weighted by Gasteiger charge is -2.10. The van der Waals surface area contributed by atoms with Crippen molar-refractivity contribution in [2.24, 2.45) is 0 Å². The predicted molar refractivity (Wildman–Crippen MR) is 117 cm³/mol. The van der Waals surface area contributed by atoms with Crippen LogP contribution in [-0.4, -0.2) is 36.2 Å². The van der Waals surface area contributed by atoms with Crippen molar-refractivity contribution in [3.8, 4) is 16.9 Å². The molecule has 0 N–H and O–H groups in total. The molecule has 12 heteroatoms. The van der Waals surface area contributed by atoms with Crippen LogP contribution in [0.15, 0.2) is 53.4 Å². The largest absolute Gasteiger partial charge is 0.466 e. The number of thioether (sulfide) groups is 1. The third-order valence-electron chi connectivity index (χ3n) is 4.06. The number of hydrogen-bond acceptors (Lipinski definition) is 11. The summed E-state index contributed by atoms with van der Waals surface area (Å²) in [7, 11) is 0. The van der Waals surface area contributed by atoms with Gasteiger partial charge in [0.25, 0.3) is 5.09 Å². The fraction of sp³-hybridized carbons (Fsp3) is 0.273. The number of rotatable bonds is 13. The summed E-state index contributed by atoms with van der Waals surface area (Å²) in [5.41, 5.74) is 0.0193. The lowest BCUT2D eigenvalue weighted by molar-refractivity contribution is -0.757. The van der Waals surface area contributed by atoms with Gasteiger partial charge >= 0.3 is 17.9 Å². The number of carbonyl (C=O) groups excluding carboxylic acids is 3. The molecule has 0 atom stereocenters. The molecular weight excluding hydrogens is 468 g/mol. The highest BCUT2D eigenvalue weighted by molar-refractivity contribution is 8.03. The number of thiocyanates is 1. The molecule has 0 saturated carbocycles. The van der Waals surface area contributed by atoms with E-state index in [2.05, 4.69) is 4.84 Å². The second-order valence-electron chi connectivity index (χ2n) is 6.51. The number of para-hydroxylation sites is 1. The van der Waals surface area contributed by atoms with E-state index in [1.807, 2.05) is 5.40 Å². The molecule has 2 aromatic carbocycles. The summed E-state index contributed by atoms with van der Waals surface area (Å²) < 4.78 is 15.5. The molecule has 0 bridgehead atoms. The van der Waals surface area contributed by atoms with E-state index in [1.54, 1.807) is 24.3 Å². The van der Waals surface area contributed by atoms with E-state index < -0.39 is 23.0 Å². The summed E-state index contributed by atoms with van der Waals surface area (Å²) in [4.78, 5) is 51.2. The van der Waals surface area contributed by atoms with Gasteiger partial charge in [-0.25, -0.2) is 4.79 Å². The maximum absolute atomic E-state index is 12.5. The predicted octanol–water partition coefficient (Wildman–Crippen LogP) is 3.70. The Balaban J connectivity index is 1.80. The Bertz CT molecular complexity index is 1050. The summed E-state index contributed by atoms with van der Waals surface area (Å²) in [6.45, 7) is -0.0515. The first kappa shape index (κ1) is 26.1. The number of hydrogen-bond donors (Lipinski definition) is 0. The Morgan fingerprint density at radius 3 is 2.32 bits per heavy atom. The van der Waals surface area contributed by atoms with Gasteiger partial charge in [-0.15, -0.1) is 10.1 Å². The van der Waals surface area contributed by atoms with Crippen molar-refractivity contribution in [3.63, 3.8) is 0 Å². The summed E-state index contributed by atoms with van der Waals surface area (Å²) in [5, 5.41) is 19.7. The zero-order valence-electron chi connectivity index (χ0n) is 17.8. The van der Waals surface area contributed by atoms with E-state index in [4.69, 9.17) is 19.5 Å². The van der Waals surface area contributed by atoms with Gasteiger partial charge in [-0.3, -0.25) is 9.59 Å². The van der Waals surface area contributed by atoms with Crippen LogP contribution in [0.2, 0.25) is 0 Å². The highest BCUT2D eigenvalue weighted by Crippen LogP contribution is 2.24. The molecule has 0 amide bonds. The second kappa shape index (κ2) is 14.1. The standard InChI is InChI=1S/C22H20N2O9S/c23-15-34-17-9-7-16(8-10-17)32-22(27)18-5-1-2-6-19(18)33-21(26)12-11-20(25)30-13-3-4-14-31-24(28)29/h1-2,5-10H,3-4,11-14H2. The average molecular weight is 488 g/mol.